The first-order chi connectivity index (χ1) is 10.1. The molecule has 0 aliphatic heterocycles. The number of carbonyl (C=O) groups excluding carboxylic acids is 2. The van der Waals surface area contributed by atoms with Crippen molar-refractivity contribution < 1.29 is 14.3 Å². The number of esters is 1. The maximum absolute atomic E-state index is 11.6. The Balaban J connectivity index is 1.89. The van der Waals surface area contributed by atoms with Crippen molar-refractivity contribution in [1.29, 1.82) is 0 Å². The van der Waals surface area contributed by atoms with E-state index in [1.165, 1.54) is 7.11 Å². The van der Waals surface area contributed by atoms with Gasteiger partial charge in [-0.15, -0.1) is 0 Å². The molecule has 1 aliphatic carbocycles. The van der Waals surface area contributed by atoms with Crippen molar-refractivity contribution in [3.8, 4) is 0 Å². The molecule has 0 unspecified atom stereocenters. The van der Waals surface area contributed by atoms with Crippen LogP contribution in [0.5, 0.6) is 0 Å². The van der Waals surface area contributed by atoms with Crippen LogP contribution in [-0.2, 0) is 9.53 Å². The van der Waals surface area contributed by atoms with Gasteiger partial charge in [-0.05, 0) is 38.3 Å². The second-order valence-electron chi connectivity index (χ2n) is 5.17. The lowest BCUT2D eigenvalue weighted by atomic mass is 10.1. The van der Waals surface area contributed by atoms with Gasteiger partial charge in [-0.2, -0.15) is 0 Å². The van der Waals surface area contributed by atoms with Gasteiger partial charge in [0.05, 0.1) is 18.6 Å². The van der Waals surface area contributed by atoms with E-state index in [0.717, 1.165) is 25.1 Å². The summed E-state index contributed by atoms with van der Waals surface area (Å²) in [7, 11) is 1.42. The van der Waals surface area contributed by atoms with E-state index in [2.05, 4.69) is 15.6 Å². The Morgan fingerprint density at radius 2 is 2.19 bits per heavy atom. The molecule has 1 aromatic rings. The van der Waals surface area contributed by atoms with Gasteiger partial charge in [-0.25, -0.2) is 4.98 Å². The molecule has 1 saturated carbocycles. The summed E-state index contributed by atoms with van der Waals surface area (Å²) in [4.78, 5) is 27.4. The largest absolute Gasteiger partial charge is 0.469 e. The molecule has 1 aromatic heterocycles. The van der Waals surface area contributed by atoms with Crippen LogP contribution in [0.1, 0.15) is 36.5 Å². The summed E-state index contributed by atoms with van der Waals surface area (Å²) >= 11 is 0. The SMILES string of the molecule is CCNC(=O)c1ccc(N[C@@H]2CC[C@H](C(=O)OC)C2)nc1. The number of nitrogens with zero attached hydrogens (tertiary/aromatic N) is 1. The summed E-state index contributed by atoms with van der Waals surface area (Å²) in [6.45, 7) is 2.47. The number of methoxy groups -OCH3 is 1. The first kappa shape index (κ1) is 15.3. The molecule has 6 heteroatoms. The summed E-state index contributed by atoms with van der Waals surface area (Å²) in [6.07, 6.45) is 4.06. The topological polar surface area (TPSA) is 80.3 Å². The third-order valence-electron chi connectivity index (χ3n) is 3.68. The van der Waals surface area contributed by atoms with Gasteiger partial charge in [0.25, 0.3) is 5.91 Å². The van der Waals surface area contributed by atoms with E-state index in [1.807, 2.05) is 6.92 Å². The fraction of sp³-hybridized carbons (Fsp3) is 0.533. The molecule has 1 fully saturated rings. The van der Waals surface area contributed by atoms with Crippen molar-refractivity contribution in [2.24, 2.45) is 5.92 Å². The summed E-state index contributed by atoms with van der Waals surface area (Å²) in [5, 5.41) is 6.03. The van der Waals surface area contributed by atoms with Crippen molar-refractivity contribution in [3.63, 3.8) is 0 Å². The van der Waals surface area contributed by atoms with Gasteiger partial charge >= 0.3 is 5.97 Å². The molecule has 1 heterocycles. The molecule has 0 bridgehead atoms. The highest BCUT2D eigenvalue weighted by Gasteiger charge is 2.30. The van der Waals surface area contributed by atoms with E-state index >= 15 is 0 Å². The van der Waals surface area contributed by atoms with E-state index in [4.69, 9.17) is 4.74 Å². The van der Waals surface area contributed by atoms with Crippen LogP contribution in [0.4, 0.5) is 5.82 Å². The summed E-state index contributed by atoms with van der Waals surface area (Å²) in [5.41, 5.74) is 0.543. The molecule has 114 valence electrons. The average Bonchev–Trinajstić information content (AvgIpc) is 2.96. The molecular formula is C15H21N3O3. The van der Waals surface area contributed by atoms with Crippen LogP contribution in [0.3, 0.4) is 0 Å². The molecular weight excluding hydrogens is 270 g/mol. The maximum Gasteiger partial charge on any atom is 0.308 e. The zero-order valence-corrected chi connectivity index (χ0v) is 12.4. The van der Waals surface area contributed by atoms with Gasteiger partial charge in [0, 0.05) is 18.8 Å². The van der Waals surface area contributed by atoms with Crippen LogP contribution in [0.2, 0.25) is 0 Å². The molecule has 1 amide bonds. The molecule has 0 aromatic carbocycles. The fourth-order valence-corrected chi connectivity index (χ4v) is 2.58. The standard InChI is InChI=1S/C15H21N3O3/c1-3-16-14(19)11-5-7-13(17-9-11)18-12-6-4-10(8-12)15(20)21-2/h5,7,9-10,12H,3-4,6,8H2,1-2H3,(H,16,19)(H,17,18)/t10-,12+/m0/s1. The predicted molar refractivity (Wildman–Crippen MR) is 79.0 cm³/mol. The molecule has 0 radical (unpaired) electrons. The number of anilines is 1. The number of pyridine rings is 1. The maximum atomic E-state index is 11.6. The molecule has 2 rings (SSSR count). The van der Waals surface area contributed by atoms with Crippen LogP contribution in [-0.4, -0.2) is 36.6 Å². The van der Waals surface area contributed by atoms with Crippen LogP contribution < -0.4 is 10.6 Å². The fourth-order valence-electron chi connectivity index (χ4n) is 2.58. The normalized spacial score (nSPS) is 20.9. The number of hydrogen-bond donors (Lipinski definition) is 2. The number of rotatable bonds is 5. The van der Waals surface area contributed by atoms with Gasteiger partial charge in [0.1, 0.15) is 5.82 Å². The van der Waals surface area contributed by atoms with E-state index in [9.17, 15) is 9.59 Å². The third-order valence-corrected chi connectivity index (χ3v) is 3.68. The highest BCUT2D eigenvalue weighted by Crippen LogP contribution is 2.28. The second-order valence-corrected chi connectivity index (χ2v) is 5.17. The zero-order valence-electron chi connectivity index (χ0n) is 12.4. The number of carbonyl (C=O) groups is 2. The lowest BCUT2D eigenvalue weighted by Gasteiger charge is -2.13. The Morgan fingerprint density at radius 1 is 1.38 bits per heavy atom. The number of aromatic nitrogens is 1. The van der Waals surface area contributed by atoms with Crippen molar-refractivity contribution in [2.75, 3.05) is 19.0 Å². The third kappa shape index (κ3) is 3.93. The molecule has 0 spiro atoms. The smallest absolute Gasteiger partial charge is 0.308 e. The quantitative estimate of drug-likeness (QED) is 0.805. The van der Waals surface area contributed by atoms with E-state index < -0.39 is 0 Å². The Labute approximate surface area is 124 Å². The highest BCUT2D eigenvalue weighted by molar-refractivity contribution is 5.93. The molecule has 6 nitrogen and oxygen atoms in total. The van der Waals surface area contributed by atoms with E-state index in [0.29, 0.717) is 12.1 Å². The number of hydrogen-bond acceptors (Lipinski definition) is 5. The van der Waals surface area contributed by atoms with Crippen LogP contribution >= 0.6 is 0 Å². The average molecular weight is 291 g/mol. The molecule has 0 saturated heterocycles. The van der Waals surface area contributed by atoms with Crippen molar-refractivity contribution in [3.05, 3.63) is 23.9 Å². The van der Waals surface area contributed by atoms with Crippen molar-refractivity contribution >= 4 is 17.7 Å². The number of amides is 1. The predicted octanol–water partition coefficient (Wildman–Crippen LogP) is 1.58. The van der Waals surface area contributed by atoms with Crippen LogP contribution in [0.15, 0.2) is 18.3 Å². The Morgan fingerprint density at radius 3 is 2.81 bits per heavy atom. The Kier molecular flexibility index (Phi) is 5.14. The number of ether oxygens (including phenoxy) is 1. The van der Waals surface area contributed by atoms with E-state index in [1.54, 1.807) is 18.3 Å². The minimum Gasteiger partial charge on any atom is -0.469 e. The molecule has 1 aliphatic rings. The van der Waals surface area contributed by atoms with Gasteiger partial charge in [0.15, 0.2) is 0 Å². The van der Waals surface area contributed by atoms with Gasteiger partial charge < -0.3 is 15.4 Å². The monoisotopic (exact) mass is 291 g/mol. The Hall–Kier alpha value is -2.11. The van der Waals surface area contributed by atoms with Crippen LogP contribution in [0, 0.1) is 5.92 Å². The van der Waals surface area contributed by atoms with Gasteiger partial charge in [-0.3, -0.25) is 9.59 Å². The molecule has 2 atom stereocenters. The first-order valence-corrected chi connectivity index (χ1v) is 7.22. The molecule has 21 heavy (non-hydrogen) atoms. The highest BCUT2D eigenvalue weighted by atomic mass is 16.5. The molecule has 2 N–H and O–H groups in total. The van der Waals surface area contributed by atoms with Gasteiger partial charge in [0.2, 0.25) is 0 Å². The second kappa shape index (κ2) is 7.06. The lowest BCUT2D eigenvalue weighted by molar-refractivity contribution is -0.145. The van der Waals surface area contributed by atoms with Gasteiger partial charge in [-0.1, -0.05) is 0 Å². The lowest BCUT2D eigenvalue weighted by Crippen LogP contribution is -2.23. The van der Waals surface area contributed by atoms with Crippen molar-refractivity contribution in [1.82, 2.24) is 10.3 Å². The minimum atomic E-state index is -0.140. The van der Waals surface area contributed by atoms with Crippen LogP contribution in [0.25, 0.3) is 0 Å². The van der Waals surface area contributed by atoms with Crippen molar-refractivity contribution in [2.45, 2.75) is 32.2 Å². The summed E-state index contributed by atoms with van der Waals surface area (Å²) in [5.74, 6) is 0.433. The first-order valence-electron chi connectivity index (χ1n) is 7.22. The summed E-state index contributed by atoms with van der Waals surface area (Å²) in [6, 6.07) is 3.75. The minimum absolute atomic E-state index is 0.0258. The summed E-state index contributed by atoms with van der Waals surface area (Å²) < 4.78 is 4.77. The number of nitrogens with one attached hydrogen (secondary N) is 2. The Bertz CT molecular complexity index is 501. The zero-order chi connectivity index (χ0) is 15.2. The van der Waals surface area contributed by atoms with E-state index in [-0.39, 0.29) is 23.8 Å².